The molecule has 0 aliphatic heterocycles. The zero-order chi connectivity index (χ0) is 13.5. The number of pyridine rings is 1. The van der Waals surface area contributed by atoms with E-state index in [-0.39, 0.29) is 18.6 Å². The van der Waals surface area contributed by atoms with Gasteiger partial charge in [-0.15, -0.1) is 0 Å². The monoisotopic (exact) mass is 251 g/mol. The molecular formula is C13H21N3O2. The van der Waals surface area contributed by atoms with E-state index in [1.807, 2.05) is 19.9 Å². The highest BCUT2D eigenvalue weighted by Gasteiger charge is 2.19. The molecule has 0 bridgehead atoms. The third kappa shape index (κ3) is 3.78. The van der Waals surface area contributed by atoms with Crippen LogP contribution >= 0.6 is 0 Å². The summed E-state index contributed by atoms with van der Waals surface area (Å²) in [5, 5.41) is 8.85. The first kappa shape index (κ1) is 14.6. The number of hydrogen-bond acceptors (Lipinski definition) is 4. The maximum atomic E-state index is 12.2. The second kappa shape index (κ2) is 7.08. The van der Waals surface area contributed by atoms with Crippen LogP contribution in [-0.2, 0) is 6.54 Å². The van der Waals surface area contributed by atoms with Gasteiger partial charge in [0.05, 0.1) is 0 Å². The van der Waals surface area contributed by atoms with Gasteiger partial charge >= 0.3 is 0 Å². The van der Waals surface area contributed by atoms with Gasteiger partial charge in [0.2, 0.25) is 0 Å². The van der Waals surface area contributed by atoms with Gasteiger partial charge in [0.15, 0.2) is 0 Å². The number of aliphatic hydroxyl groups is 1. The van der Waals surface area contributed by atoms with E-state index in [4.69, 9.17) is 10.8 Å². The minimum atomic E-state index is -0.109. The van der Waals surface area contributed by atoms with E-state index in [9.17, 15) is 4.79 Å². The lowest BCUT2D eigenvalue weighted by Gasteiger charge is -2.26. The fraction of sp³-hybridized carbons (Fsp3) is 0.538. The molecule has 1 aromatic heterocycles. The van der Waals surface area contributed by atoms with Gasteiger partial charge in [-0.3, -0.25) is 9.78 Å². The van der Waals surface area contributed by atoms with Gasteiger partial charge in [-0.2, -0.15) is 0 Å². The van der Waals surface area contributed by atoms with Crippen LogP contribution in [0.4, 0.5) is 0 Å². The zero-order valence-corrected chi connectivity index (χ0v) is 11.0. The predicted molar refractivity (Wildman–Crippen MR) is 70.0 cm³/mol. The Kier molecular flexibility index (Phi) is 5.74. The lowest BCUT2D eigenvalue weighted by atomic mass is 10.2. The number of nitrogens with two attached hydrogens (primary N) is 1. The van der Waals surface area contributed by atoms with Crippen molar-refractivity contribution in [2.75, 3.05) is 13.2 Å². The van der Waals surface area contributed by atoms with Gasteiger partial charge in [-0.25, -0.2) is 0 Å². The summed E-state index contributed by atoms with van der Waals surface area (Å²) >= 11 is 0. The van der Waals surface area contributed by atoms with E-state index in [0.717, 1.165) is 5.56 Å². The maximum absolute atomic E-state index is 12.2. The Labute approximate surface area is 108 Å². The third-order valence-corrected chi connectivity index (χ3v) is 2.72. The van der Waals surface area contributed by atoms with Crippen LogP contribution in [-0.4, -0.2) is 40.1 Å². The third-order valence-electron chi connectivity index (χ3n) is 2.72. The topological polar surface area (TPSA) is 79.5 Å². The molecule has 0 saturated carbocycles. The standard InChI is InChI=1S/C13H21N3O2/c1-10(2)16(6-3-7-17)13(18)12-5-4-11(8-14)9-15-12/h4-5,9-10,17H,3,6-8,14H2,1-2H3. The summed E-state index contributed by atoms with van der Waals surface area (Å²) in [7, 11) is 0. The smallest absolute Gasteiger partial charge is 0.272 e. The molecule has 0 aliphatic rings. The van der Waals surface area contributed by atoms with Gasteiger partial charge in [-0.1, -0.05) is 6.07 Å². The number of nitrogens with zero attached hydrogens (tertiary/aromatic N) is 2. The summed E-state index contributed by atoms with van der Waals surface area (Å²) in [5.41, 5.74) is 6.80. The highest BCUT2D eigenvalue weighted by atomic mass is 16.3. The van der Waals surface area contributed by atoms with Crippen molar-refractivity contribution >= 4 is 5.91 Å². The second-order valence-electron chi connectivity index (χ2n) is 4.43. The molecule has 5 heteroatoms. The first-order valence-electron chi connectivity index (χ1n) is 6.17. The minimum Gasteiger partial charge on any atom is -0.396 e. The molecule has 0 radical (unpaired) electrons. The Morgan fingerprint density at radius 1 is 1.50 bits per heavy atom. The molecule has 1 aromatic rings. The van der Waals surface area contributed by atoms with Crippen molar-refractivity contribution in [3.05, 3.63) is 29.6 Å². The number of hydrogen-bond donors (Lipinski definition) is 2. The highest BCUT2D eigenvalue weighted by molar-refractivity contribution is 5.92. The van der Waals surface area contributed by atoms with Gasteiger partial charge in [-0.05, 0) is 31.9 Å². The van der Waals surface area contributed by atoms with Crippen molar-refractivity contribution in [3.8, 4) is 0 Å². The average Bonchev–Trinajstić information content (AvgIpc) is 2.38. The number of amides is 1. The van der Waals surface area contributed by atoms with Gasteiger partial charge in [0, 0.05) is 31.9 Å². The molecule has 0 fully saturated rings. The van der Waals surface area contributed by atoms with Crippen LogP contribution in [0.3, 0.4) is 0 Å². The van der Waals surface area contributed by atoms with E-state index < -0.39 is 0 Å². The molecule has 0 aliphatic carbocycles. The lowest BCUT2D eigenvalue weighted by Crippen LogP contribution is -2.38. The Morgan fingerprint density at radius 3 is 2.67 bits per heavy atom. The highest BCUT2D eigenvalue weighted by Crippen LogP contribution is 2.08. The number of aromatic nitrogens is 1. The largest absolute Gasteiger partial charge is 0.396 e. The molecule has 3 N–H and O–H groups in total. The minimum absolute atomic E-state index is 0.0794. The molecule has 0 unspecified atom stereocenters. The van der Waals surface area contributed by atoms with Crippen LogP contribution in [0.5, 0.6) is 0 Å². The van der Waals surface area contributed by atoms with Crippen molar-refractivity contribution in [1.82, 2.24) is 9.88 Å². The Balaban J connectivity index is 2.80. The lowest BCUT2D eigenvalue weighted by molar-refractivity contribution is 0.0687. The molecule has 18 heavy (non-hydrogen) atoms. The molecule has 0 atom stereocenters. The van der Waals surface area contributed by atoms with E-state index >= 15 is 0 Å². The van der Waals surface area contributed by atoms with Crippen LogP contribution in [0.1, 0.15) is 36.3 Å². The summed E-state index contributed by atoms with van der Waals surface area (Å²) in [4.78, 5) is 18.1. The number of carbonyl (C=O) groups excluding carboxylic acids is 1. The normalized spacial score (nSPS) is 10.7. The van der Waals surface area contributed by atoms with E-state index in [1.54, 1.807) is 17.2 Å². The van der Waals surface area contributed by atoms with Gasteiger partial charge in [0.25, 0.3) is 5.91 Å². The van der Waals surface area contributed by atoms with Crippen molar-refractivity contribution in [1.29, 1.82) is 0 Å². The van der Waals surface area contributed by atoms with Crippen molar-refractivity contribution in [3.63, 3.8) is 0 Å². The summed E-state index contributed by atoms with van der Waals surface area (Å²) in [6, 6.07) is 3.59. The first-order chi connectivity index (χ1) is 8.60. The summed E-state index contributed by atoms with van der Waals surface area (Å²) in [6.07, 6.45) is 2.20. The molecule has 0 aromatic carbocycles. The van der Waals surface area contributed by atoms with Crippen molar-refractivity contribution in [2.24, 2.45) is 5.73 Å². The van der Waals surface area contributed by atoms with Crippen LogP contribution < -0.4 is 5.73 Å². The first-order valence-corrected chi connectivity index (χ1v) is 6.17. The van der Waals surface area contributed by atoms with Gasteiger partial charge in [0.1, 0.15) is 5.69 Å². The molecule has 1 amide bonds. The quantitative estimate of drug-likeness (QED) is 0.782. The average molecular weight is 251 g/mol. The summed E-state index contributed by atoms with van der Waals surface area (Å²) < 4.78 is 0. The zero-order valence-electron chi connectivity index (χ0n) is 11.0. The fourth-order valence-corrected chi connectivity index (χ4v) is 1.65. The molecular weight excluding hydrogens is 230 g/mol. The molecule has 0 saturated heterocycles. The van der Waals surface area contributed by atoms with Crippen LogP contribution in [0, 0.1) is 0 Å². The van der Waals surface area contributed by atoms with E-state index in [0.29, 0.717) is 25.2 Å². The SMILES string of the molecule is CC(C)N(CCCO)C(=O)c1ccc(CN)cn1. The number of carbonyl (C=O) groups is 1. The van der Waals surface area contributed by atoms with E-state index in [1.165, 1.54) is 0 Å². The van der Waals surface area contributed by atoms with Crippen LogP contribution in [0.25, 0.3) is 0 Å². The maximum Gasteiger partial charge on any atom is 0.272 e. The second-order valence-corrected chi connectivity index (χ2v) is 4.43. The number of rotatable bonds is 6. The van der Waals surface area contributed by atoms with Crippen molar-refractivity contribution < 1.29 is 9.90 Å². The summed E-state index contributed by atoms with van der Waals surface area (Å²) in [6.45, 7) is 4.93. The Hall–Kier alpha value is -1.46. The molecule has 1 heterocycles. The fourth-order valence-electron chi connectivity index (χ4n) is 1.65. The van der Waals surface area contributed by atoms with Crippen LogP contribution in [0.15, 0.2) is 18.3 Å². The Bertz CT molecular complexity index is 376. The Morgan fingerprint density at radius 2 is 2.22 bits per heavy atom. The summed E-state index contributed by atoms with van der Waals surface area (Å²) in [5.74, 6) is -0.109. The van der Waals surface area contributed by atoms with Gasteiger partial charge < -0.3 is 15.7 Å². The molecule has 0 spiro atoms. The molecule has 100 valence electrons. The van der Waals surface area contributed by atoms with Crippen molar-refractivity contribution in [2.45, 2.75) is 32.9 Å². The predicted octanol–water partition coefficient (Wildman–Crippen LogP) is 0.773. The molecule has 5 nitrogen and oxygen atoms in total. The van der Waals surface area contributed by atoms with Crippen LogP contribution in [0.2, 0.25) is 0 Å². The van der Waals surface area contributed by atoms with E-state index in [2.05, 4.69) is 4.98 Å². The number of aliphatic hydroxyl groups excluding tert-OH is 1. The molecule has 1 rings (SSSR count).